The molecule has 1 unspecified atom stereocenters. The maximum atomic E-state index is 9.52. The Hall–Kier alpha value is -1.07. The van der Waals surface area contributed by atoms with Crippen molar-refractivity contribution in [2.75, 3.05) is 29.9 Å². The summed E-state index contributed by atoms with van der Waals surface area (Å²) in [4.78, 5) is 10.5. The number of nitrogens with zero attached hydrogens (tertiary/aromatic N) is 3. The van der Waals surface area contributed by atoms with Crippen molar-refractivity contribution >= 4 is 23.4 Å². The van der Waals surface area contributed by atoms with Gasteiger partial charge >= 0.3 is 0 Å². The lowest BCUT2D eigenvalue weighted by molar-refractivity contribution is 0.198. The van der Waals surface area contributed by atoms with E-state index < -0.39 is 0 Å². The molecule has 1 aliphatic rings. The number of nitrogens with one attached hydrogen (secondary N) is 1. The maximum Gasteiger partial charge on any atom is 0.224 e. The Balaban J connectivity index is 2.14. The van der Waals surface area contributed by atoms with E-state index in [0.717, 1.165) is 25.9 Å². The highest BCUT2D eigenvalue weighted by Gasteiger charge is 2.23. The topological polar surface area (TPSA) is 61.3 Å². The average molecular weight is 257 g/mol. The fraction of sp³-hybridized carbons (Fsp3) is 0.636. The van der Waals surface area contributed by atoms with Crippen LogP contribution in [0.5, 0.6) is 0 Å². The zero-order chi connectivity index (χ0) is 12.3. The molecule has 0 spiro atoms. The molecule has 1 saturated heterocycles. The third-order valence-corrected chi connectivity index (χ3v) is 2.99. The summed E-state index contributed by atoms with van der Waals surface area (Å²) in [6.07, 6.45) is 3.10. The number of aliphatic hydroxyl groups is 1. The van der Waals surface area contributed by atoms with Crippen LogP contribution in [0.4, 0.5) is 11.8 Å². The molecule has 0 aromatic carbocycles. The van der Waals surface area contributed by atoms with E-state index >= 15 is 0 Å². The van der Waals surface area contributed by atoms with Crippen molar-refractivity contribution in [2.24, 2.45) is 0 Å². The van der Waals surface area contributed by atoms with Crippen molar-refractivity contribution in [3.63, 3.8) is 0 Å². The molecule has 5 nitrogen and oxygen atoms in total. The van der Waals surface area contributed by atoms with Gasteiger partial charge in [0.1, 0.15) is 5.02 Å². The van der Waals surface area contributed by atoms with Crippen LogP contribution in [-0.2, 0) is 0 Å². The Morgan fingerprint density at radius 3 is 3.12 bits per heavy atom. The van der Waals surface area contributed by atoms with E-state index in [1.165, 1.54) is 0 Å². The number of anilines is 2. The second kappa shape index (κ2) is 5.51. The Morgan fingerprint density at radius 1 is 1.65 bits per heavy atom. The molecule has 1 aromatic heterocycles. The molecule has 1 aliphatic heterocycles. The maximum absolute atomic E-state index is 9.52. The smallest absolute Gasteiger partial charge is 0.224 e. The monoisotopic (exact) mass is 256 g/mol. The summed E-state index contributed by atoms with van der Waals surface area (Å²) in [5, 5.41) is 13.2. The average Bonchev–Trinajstić information content (AvgIpc) is 2.75. The SMILES string of the molecule is CCCNc1ncc(Cl)c(N2CCC(O)C2)n1. The van der Waals surface area contributed by atoms with Gasteiger partial charge in [0.2, 0.25) is 5.95 Å². The van der Waals surface area contributed by atoms with Crippen LogP contribution in [0.3, 0.4) is 0 Å². The molecule has 0 radical (unpaired) electrons. The van der Waals surface area contributed by atoms with Gasteiger partial charge in [0.15, 0.2) is 5.82 Å². The van der Waals surface area contributed by atoms with Crippen molar-refractivity contribution < 1.29 is 5.11 Å². The predicted octanol–water partition coefficient (Wildman–Crippen LogP) is 1.52. The van der Waals surface area contributed by atoms with E-state index in [9.17, 15) is 5.11 Å². The zero-order valence-corrected chi connectivity index (χ0v) is 10.6. The van der Waals surface area contributed by atoms with E-state index in [-0.39, 0.29) is 6.10 Å². The first-order valence-electron chi connectivity index (χ1n) is 5.90. The molecule has 0 aliphatic carbocycles. The predicted molar refractivity (Wildman–Crippen MR) is 68.7 cm³/mol. The molecular weight excluding hydrogens is 240 g/mol. The van der Waals surface area contributed by atoms with Crippen LogP contribution < -0.4 is 10.2 Å². The summed E-state index contributed by atoms with van der Waals surface area (Å²) < 4.78 is 0. The van der Waals surface area contributed by atoms with Crippen molar-refractivity contribution in [1.82, 2.24) is 9.97 Å². The highest BCUT2D eigenvalue weighted by molar-refractivity contribution is 6.32. The Bertz CT molecular complexity index is 388. The molecule has 0 amide bonds. The molecule has 17 heavy (non-hydrogen) atoms. The first kappa shape index (κ1) is 12.4. The van der Waals surface area contributed by atoms with Crippen LogP contribution >= 0.6 is 11.6 Å². The molecule has 2 rings (SSSR count). The van der Waals surface area contributed by atoms with Gasteiger partial charge in [-0.3, -0.25) is 0 Å². The molecule has 0 saturated carbocycles. The van der Waals surface area contributed by atoms with E-state index in [0.29, 0.717) is 23.3 Å². The van der Waals surface area contributed by atoms with Gasteiger partial charge < -0.3 is 15.3 Å². The van der Waals surface area contributed by atoms with Crippen LogP contribution in [-0.4, -0.2) is 40.8 Å². The van der Waals surface area contributed by atoms with Gasteiger partial charge in [-0.25, -0.2) is 4.98 Å². The lowest BCUT2D eigenvalue weighted by atomic mass is 10.3. The van der Waals surface area contributed by atoms with Crippen LogP contribution in [0.25, 0.3) is 0 Å². The number of rotatable bonds is 4. The van der Waals surface area contributed by atoms with Crippen molar-refractivity contribution in [3.8, 4) is 0 Å². The van der Waals surface area contributed by atoms with Gasteiger partial charge in [0.05, 0.1) is 12.3 Å². The molecular formula is C11H17ClN4O. The van der Waals surface area contributed by atoms with Gasteiger partial charge in [-0.1, -0.05) is 18.5 Å². The van der Waals surface area contributed by atoms with Gasteiger partial charge in [-0.2, -0.15) is 4.98 Å². The summed E-state index contributed by atoms with van der Waals surface area (Å²) in [6.45, 7) is 4.29. The zero-order valence-electron chi connectivity index (χ0n) is 9.86. The number of aliphatic hydroxyl groups excluding tert-OH is 1. The molecule has 94 valence electrons. The fourth-order valence-corrected chi connectivity index (χ4v) is 2.05. The lowest BCUT2D eigenvalue weighted by Crippen LogP contribution is -2.23. The van der Waals surface area contributed by atoms with Gasteiger partial charge in [-0.15, -0.1) is 0 Å². The van der Waals surface area contributed by atoms with E-state index in [1.807, 2.05) is 4.90 Å². The summed E-state index contributed by atoms with van der Waals surface area (Å²) >= 11 is 6.08. The summed E-state index contributed by atoms with van der Waals surface area (Å²) in [6, 6.07) is 0. The number of β-amino-alcohol motifs (C(OH)–C–C–N with tert-alkyl or cyclic N) is 1. The number of aromatic nitrogens is 2. The third-order valence-electron chi connectivity index (χ3n) is 2.72. The fourth-order valence-electron chi connectivity index (χ4n) is 1.84. The van der Waals surface area contributed by atoms with E-state index in [1.54, 1.807) is 6.20 Å². The van der Waals surface area contributed by atoms with Crippen LogP contribution in [0, 0.1) is 0 Å². The molecule has 0 bridgehead atoms. The Morgan fingerprint density at radius 2 is 2.47 bits per heavy atom. The van der Waals surface area contributed by atoms with E-state index in [2.05, 4.69) is 22.2 Å². The highest BCUT2D eigenvalue weighted by Crippen LogP contribution is 2.26. The minimum Gasteiger partial charge on any atom is -0.391 e. The third kappa shape index (κ3) is 2.98. The van der Waals surface area contributed by atoms with Crippen LogP contribution in [0.1, 0.15) is 19.8 Å². The van der Waals surface area contributed by atoms with Crippen LogP contribution in [0.2, 0.25) is 5.02 Å². The van der Waals surface area contributed by atoms with E-state index in [4.69, 9.17) is 11.6 Å². The summed E-state index contributed by atoms with van der Waals surface area (Å²) in [5.74, 6) is 1.30. The van der Waals surface area contributed by atoms with Crippen molar-refractivity contribution in [2.45, 2.75) is 25.9 Å². The largest absolute Gasteiger partial charge is 0.391 e. The molecule has 2 N–H and O–H groups in total. The highest BCUT2D eigenvalue weighted by atomic mass is 35.5. The molecule has 6 heteroatoms. The van der Waals surface area contributed by atoms with Crippen LogP contribution in [0.15, 0.2) is 6.20 Å². The Labute approximate surface area is 106 Å². The van der Waals surface area contributed by atoms with Crippen molar-refractivity contribution in [1.29, 1.82) is 0 Å². The lowest BCUT2D eigenvalue weighted by Gasteiger charge is -2.18. The normalized spacial score (nSPS) is 19.7. The minimum atomic E-state index is -0.284. The first-order chi connectivity index (χ1) is 8.20. The molecule has 1 fully saturated rings. The molecule has 1 atom stereocenters. The minimum absolute atomic E-state index is 0.284. The summed E-state index contributed by atoms with van der Waals surface area (Å²) in [7, 11) is 0. The first-order valence-corrected chi connectivity index (χ1v) is 6.28. The standard InChI is InChI=1S/C11H17ClN4O/c1-2-4-13-11-14-6-9(12)10(15-11)16-5-3-8(17)7-16/h6,8,17H,2-5,7H2,1H3,(H,13,14,15). The number of hydrogen-bond acceptors (Lipinski definition) is 5. The number of halogens is 1. The van der Waals surface area contributed by atoms with Gasteiger partial charge in [-0.05, 0) is 12.8 Å². The molecule has 2 heterocycles. The summed E-state index contributed by atoms with van der Waals surface area (Å²) in [5.41, 5.74) is 0. The number of hydrogen-bond donors (Lipinski definition) is 2. The van der Waals surface area contributed by atoms with Crippen molar-refractivity contribution in [3.05, 3.63) is 11.2 Å². The Kier molecular flexibility index (Phi) is 4.02. The molecule has 1 aromatic rings. The quantitative estimate of drug-likeness (QED) is 0.855. The second-order valence-electron chi connectivity index (χ2n) is 4.18. The van der Waals surface area contributed by atoms with Gasteiger partial charge in [0, 0.05) is 19.6 Å². The second-order valence-corrected chi connectivity index (χ2v) is 4.59. The van der Waals surface area contributed by atoms with Gasteiger partial charge in [0.25, 0.3) is 0 Å².